The Hall–Kier alpha value is -1.39. The molecular weight excluding hydrogens is 372 g/mol. The van der Waals surface area contributed by atoms with Gasteiger partial charge in [0.25, 0.3) is 0 Å². The van der Waals surface area contributed by atoms with Crippen LogP contribution < -0.4 is 0 Å². The summed E-state index contributed by atoms with van der Waals surface area (Å²) in [6.07, 6.45) is 4.46. The number of rotatable bonds is 5. The van der Waals surface area contributed by atoms with Crippen molar-refractivity contribution in [3.8, 4) is 0 Å². The molecule has 0 radical (unpaired) electrons. The van der Waals surface area contributed by atoms with Crippen LogP contribution in [0.5, 0.6) is 0 Å². The second-order valence-electron chi connectivity index (χ2n) is 11.1. The lowest BCUT2D eigenvalue weighted by Gasteiger charge is -2.39. The molecule has 1 aromatic carbocycles. The predicted molar refractivity (Wildman–Crippen MR) is 129 cm³/mol. The summed E-state index contributed by atoms with van der Waals surface area (Å²) >= 11 is 0. The summed E-state index contributed by atoms with van der Waals surface area (Å²) in [4.78, 5) is 5.05. The molecule has 4 heteroatoms. The molecule has 1 aliphatic rings. The van der Waals surface area contributed by atoms with Crippen LogP contribution in [0, 0.1) is 0 Å². The quantitative estimate of drug-likeness (QED) is 0.369. The van der Waals surface area contributed by atoms with E-state index in [1.165, 1.54) is 27.9 Å². The zero-order chi connectivity index (χ0) is 21.6. The Kier molecular flexibility index (Phi) is 5.92. The fourth-order valence-corrected chi connectivity index (χ4v) is 5.18. The zero-order valence-electron chi connectivity index (χ0n) is 20.0. The zero-order valence-corrected chi connectivity index (χ0v) is 21.0. The molecule has 1 aliphatic heterocycles. The fraction of sp³-hybridized carbons (Fsp3) is 0.640. The molecule has 0 amide bonds. The van der Waals surface area contributed by atoms with Gasteiger partial charge in [0.15, 0.2) is 8.32 Å². The minimum Gasteiger partial charge on any atom is -0.397 e. The Morgan fingerprint density at radius 3 is 2.41 bits per heavy atom. The third-order valence-corrected chi connectivity index (χ3v) is 10.9. The third-order valence-electron chi connectivity index (χ3n) is 6.38. The standard InChI is InChI=1S/C25H40N2OSi/c1-10-11-21(26-24(2,3)4)18-12-13-19-16-20-14-15-23(27(20)22(19)17-18)28-29(8,9)25(5,6)7/h12-13,16-17,23H,10-11,14-15H2,1-9H3. The molecule has 0 saturated heterocycles. The highest BCUT2D eigenvalue weighted by Gasteiger charge is 2.41. The average molecular weight is 413 g/mol. The summed E-state index contributed by atoms with van der Waals surface area (Å²) < 4.78 is 9.33. The first-order valence-corrected chi connectivity index (χ1v) is 14.1. The van der Waals surface area contributed by atoms with Crippen molar-refractivity contribution in [2.45, 2.75) is 104 Å². The molecule has 2 heterocycles. The summed E-state index contributed by atoms with van der Waals surface area (Å²) in [7, 11) is -1.82. The number of nitrogens with zero attached hydrogens (tertiary/aromatic N) is 2. The molecule has 1 atom stereocenters. The van der Waals surface area contributed by atoms with Crippen molar-refractivity contribution in [3.05, 3.63) is 35.5 Å². The molecule has 3 nitrogen and oxygen atoms in total. The molecule has 0 fully saturated rings. The molecule has 0 bridgehead atoms. The van der Waals surface area contributed by atoms with Crippen molar-refractivity contribution in [3.63, 3.8) is 0 Å². The summed E-state index contributed by atoms with van der Waals surface area (Å²) in [6, 6.07) is 9.23. The Morgan fingerprint density at radius 2 is 1.83 bits per heavy atom. The van der Waals surface area contributed by atoms with Crippen molar-refractivity contribution in [1.29, 1.82) is 0 Å². The minimum atomic E-state index is -1.82. The molecule has 0 saturated carbocycles. The van der Waals surface area contributed by atoms with Gasteiger partial charge < -0.3 is 8.99 Å². The van der Waals surface area contributed by atoms with Gasteiger partial charge in [-0.1, -0.05) is 46.2 Å². The highest BCUT2D eigenvalue weighted by Crippen LogP contribution is 2.43. The van der Waals surface area contributed by atoms with Gasteiger partial charge in [0, 0.05) is 11.4 Å². The topological polar surface area (TPSA) is 26.5 Å². The molecule has 160 valence electrons. The number of hydrogen-bond acceptors (Lipinski definition) is 2. The maximum atomic E-state index is 6.86. The van der Waals surface area contributed by atoms with E-state index in [1.807, 2.05) is 0 Å². The maximum Gasteiger partial charge on any atom is 0.194 e. The van der Waals surface area contributed by atoms with Gasteiger partial charge in [-0.25, -0.2) is 0 Å². The van der Waals surface area contributed by atoms with E-state index in [-0.39, 0.29) is 16.8 Å². The lowest BCUT2D eigenvalue weighted by molar-refractivity contribution is 0.127. The average Bonchev–Trinajstić information content (AvgIpc) is 3.11. The summed E-state index contributed by atoms with van der Waals surface area (Å²) in [6.45, 7) is 20.4. The second-order valence-corrected chi connectivity index (χ2v) is 15.9. The number of aliphatic imine (C=N–C) groups is 1. The van der Waals surface area contributed by atoms with E-state index in [0.717, 1.165) is 25.7 Å². The minimum absolute atomic E-state index is 0.0610. The van der Waals surface area contributed by atoms with Gasteiger partial charge in [-0.2, -0.15) is 0 Å². The number of aryl methyl sites for hydroxylation is 1. The van der Waals surface area contributed by atoms with Crippen molar-refractivity contribution < 1.29 is 4.43 Å². The molecule has 29 heavy (non-hydrogen) atoms. The van der Waals surface area contributed by atoms with Gasteiger partial charge in [-0.05, 0) is 81.2 Å². The predicted octanol–water partition coefficient (Wildman–Crippen LogP) is 7.50. The summed E-state index contributed by atoms with van der Waals surface area (Å²) in [5.41, 5.74) is 5.13. The molecule has 3 rings (SSSR count). The molecule has 2 aromatic rings. The van der Waals surface area contributed by atoms with Crippen molar-refractivity contribution >= 4 is 24.9 Å². The van der Waals surface area contributed by atoms with Crippen LogP contribution in [0.1, 0.15) is 85.2 Å². The first kappa shape index (κ1) is 22.3. The van der Waals surface area contributed by atoms with Crippen molar-refractivity contribution in [1.82, 2.24) is 4.57 Å². The second kappa shape index (κ2) is 7.70. The van der Waals surface area contributed by atoms with E-state index >= 15 is 0 Å². The van der Waals surface area contributed by atoms with Crippen molar-refractivity contribution in [2.75, 3.05) is 0 Å². The summed E-state index contributed by atoms with van der Waals surface area (Å²) in [5, 5.41) is 1.54. The van der Waals surface area contributed by atoms with Gasteiger partial charge in [-0.3, -0.25) is 4.99 Å². The van der Waals surface area contributed by atoms with Gasteiger partial charge in [0.2, 0.25) is 0 Å². The largest absolute Gasteiger partial charge is 0.397 e. The van der Waals surface area contributed by atoms with E-state index in [9.17, 15) is 0 Å². The van der Waals surface area contributed by atoms with Crippen LogP contribution >= 0.6 is 0 Å². The monoisotopic (exact) mass is 412 g/mol. The number of hydrogen-bond donors (Lipinski definition) is 0. The highest BCUT2D eigenvalue weighted by molar-refractivity contribution is 6.74. The van der Waals surface area contributed by atoms with Crippen LogP contribution in [0.25, 0.3) is 10.9 Å². The van der Waals surface area contributed by atoms with Gasteiger partial charge in [0.1, 0.15) is 6.23 Å². The number of aromatic nitrogens is 1. The molecule has 0 spiro atoms. The molecule has 0 N–H and O–H groups in total. The van der Waals surface area contributed by atoms with Crippen LogP contribution in [0.15, 0.2) is 29.3 Å². The number of fused-ring (bicyclic) bond motifs is 3. The summed E-state index contributed by atoms with van der Waals surface area (Å²) in [5.74, 6) is 0. The molecule has 1 unspecified atom stereocenters. The smallest absolute Gasteiger partial charge is 0.194 e. The molecule has 0 aliphatic carbocycles. The lowest BCUT2D eigenvalue weighted by Crippen LogP contribution is -2.42. The van der Waals surface area contributed by atoms with E-state index in [2.05, 4.69) is 90.4 Å². The number of benzene rings is 1. The SMILES string of the molecule is CCCC(=NC(C)(C)C)c1ccc2cc3n(c2c1)C(O[Si](C)(C)C(C)(C)C)CC3. The van der Waals surface area contributed by atoms with Crippen LogP contribution in [0.3, 0.4) is 0 Å². The van der Waals surface area contributed by atoms with Gasteiger partial charge >= 0.3 is 0 Å². The van der Waals surface area contributed by atoms with Crippen molar-refractivity contribution in [2.24, 2.45) is 4.99 Å². The van der Waals surface area contributed by atoms with Crippen LogP contribution in [-0.2, 0) is 10.8 Å². The Balaban J connectivity index is 2.04. The molecular formula is C25H40N2OSi. The molecule has 1 aromatic heterocycles. The van der Waals surface area contributed by atoms with E-state index < -0.39 is 8.32 Å². The van der Waals surface area contributed by atoms with E-state index in [0.29, 0.717) is 0 Å². The Bertz CT molecular complexity index is 909. The maximum absolute atomic E-state index is 6.86. The fourth-order valence-electron chi connectivity index (χ4n) is 3.93. The van der Waals surface area contributed by atoms with Gasteiger partial charge in [0.05, 0.1) is 11.1 Å². The first-order chi connectivity index (χ1) is 13.3. The van der Waals surface area contributed by atoms with Crippen LogP contribution in [-0.4, -0.2) is 24.1 Å². The van der Waals surface area contributed by atoms with Crippen LogP contribution in [0.4, 0.5) is 0 Å². The highest BCUT2D eigenvalue weighted by atomic mass is 28.4. The lowest BCUT2D eigenvalue weighted by atomic mass is 10.0. The Labute approximate surface area is 178 Å². The third kappa shape index (κ3) is 4.69. The van der Waals surface area contributed by atoms with Crippen LogP contribution in [0.2, 0.25) is 18.1 Å². The normalized spacial score (nSPS) is 18.5. The van der Waals surface area contributed by atoms with E-state index in [1.54, 1.807) is 0 Å². The first-order valence-electron chi connectivity index (χ1n) is 11.2. The van der Waals surface area contributed by atoms with Gasteiger partial charge in [-0.15, -0.1) is 0 Å². The van der Waals surface area contributed by atoms with E-state index in [4.69, 9.17) is 9.42 Å². The Morgan fingerprint density at radius 1 is 1.14 bits per heavy atom.